The summed E-state index contributed by atoms with van der Waals surface area (Å²) in [5, 5.41) is 11.4. The summed E-state index contributed by atoms with van der Waals surface area (Å²) in [5.74, 6) is 0.0712. The first-order valence-electron chi connectivity index (χ1n) is 5.02. The van der Waals surface area contributed by atoms with Crippen molar-refractivity contribution in [2.75, 3.05) is 0 Å². The Balaban J connectivity index is 2.45. The first kappa shape index (κ1) is 11.3. The Morgan fingerprint density at radius 2 is 2.07 bits per heavy atom. The molecule has 0 unspecified atom stereocenters. The molecular weight excluding hydrogens is 188 g/mol. The van der Waals surface area contributed by atoms with Gasteiger partial charge in [-0.3, -0.25) is 4.79 Å². The largest absolute Gasteiger partial charge is 0.352 e. The number of nitrogens with one attached hydrogen (secondary N) is 1. The van der Waals surface area contributed by atoms with E-state index in [9.17, 15) is 4.79 Å². The molecule has 15 heavy (non-hydrogen) atoms. The second-order valence-corrected chi connectivity index (χ2v) is 3.34. The van der Waals surface area contributed by atoms with Crippen LogP contribution in [0.3, 0.4) is 0 Å². The SMILES string of the molecule is CCCC(=O)NCc1ccc(C#N)cc1. The molecule has 3 nitrogen and oxygen atoms in total. The number of benzene rings is 1. The number of nitriles is 1. The van der Waals surface area contributed by atoms with E-state index < -0.39 is 0 Å². The third kappa shape index (κ3) is 3.82. The number of amides is 1. The highest BCUT2D eigenvalue weighted by atomic mass is 16.1. The molecule has 0 aliphatic rings. The molecule has 0 bridgehead atoms. The molecule has 0 aromatic heterocycles. The van der Waals surface area contributed by atoms with E-state index in [0.717, 1.165) is 12.0 Å². The number of rotatable bonds is 4. The summed E-state index contributed by atoms with van der Waals surface area (Å²) >= 11 is 0. The van der Waals surface area contributed by atoms with Gasteiger partial charge in [-0.2, -0.15) is 5.26 Å². The summed E-state index contributed by atoms with van der Waals surface area (Å²) in [6.45, 7) is 2.51. The van der Waals surface area contributed by atoms with Crippen molar-refractivity contribution in [3.8, 4) is 6.07 Å². The van der Waals surface area contributed by atoms with Crippen LogP contribution in [0.2, 0.25) is 0 Å². The van der Waals surface area contributed by atoms with Gasteiger partial charge in [-0.15, -0.1) is 0 Å². The quantitative estimate of drug-likeness (QED) is 0.811. The maximum absolute atomic E-state index is 11.2. The zero-order chi connectivity index (χ0) is 11.1. The van der Waals surface area contributed by atoms with Crippen LogP contribution in [0.5, 0.6) is 0 Å². The van der Waals surface area contributed by atoms with Gasteiger partial charge in [0.25, 0.3) is 0 Å². The van der Waals surface area contributed by atoms with Crippen LogP contribution < -0.4 is 5.32 Å². The lowest BCUT2D eigenvalue weighted by Crippen LogP contribution is -2.21. The fraction of sp³-hybridized carbons (Fsp3) is 0.333. The number of hydrogen-bond donors (Lipinski definition) is 1. The number of hydrogen-bond acceptors (Lipinski definition) is 2. The van der Waals surface area contributed by atoms with Crippen molar-refractivity contribution in [2.24, 2.45) is 0 Å². The van der Waals surface area contributed by atoms with Gasteiger partial charge >= 0.3 is 0 Å². The minimum atomic E-state index is 0.0712. The highest BCUT2D eigenvalue weighted by Gasteiger charge is 1.99. The fourth-order valence-corrected chi connectivity index (χ4v) is 1.21. The van der Waals surface area contributed by atoms with Gasteiger partial charge in [0.15, 0.2) is 0 Å². The molecule has 0 aliphatic heterocycles. The molecule has 78 valence electrons. The predicted molar refractivity (Wildman–Crippen MR) is 57.9 cm³/mol. The van der Waals surface area contributed by atoms with Crippen molar-refractivity contribution < 1.29 is 4.79 Å². The number of nitrogens with zero attached hydrogens (tertiary/aromatic N) is 1. The van der Waals surface area contributed by atoms with E-state index >= 15 is 0 Å². The van der Waals surface area contributed by atoms with Gasteiger partial charge in [-0.1, -0.05) is 19.1 Å². The Bertz CT molecular complexity index is 362. The molecule has 0 saturated carbocycles. The molecule has 0 saturated heterocycles. The van der Waals surface area contributed by atoms with Gasteiger partial charge < -0.3 is 5.32 Å². The molecule has 1 aromatic carbocycles. The molecule has 0 spiro atoms. The number of carbonyl (C=O) groups excluding carboxylic acids is 1. The third-order valence-corrected chi connectivity index (χ3v) is 2.05. The zero-order valence-corrected chi connectivity index (χ0v) is 8.79. The molecule has 0 heterocycles. The van der Waals surface area contributed by atoms with Gasteiger partial charge in [0.05, 0.1) is 11.6 Å². The highest BCUT2D eigenvalue weighted by Crippen LogP contribution is 2.02. The molecule has 1 N–H and O–H groups in total. The maximum Gasteiger partial charge on any atom is 0.220 e. The molecule has 0 atom stereocenters. The molecule has 0 radical (unpaired) electrons. The Kier molecular flexibility index (Phi) is 4.36. The van der Waals surface area contributed by atoms with Gasteiger partial charge in [-0.25, -0.2) is 0 Å². The van der Waals surface area contributed by atoms with E-state index in [-0.39, 0.29) is 5.91 Å². The first-order valence-corrected chi connectivity index (χ1v) is 5.02. The van der Waals surface area contributed by atoms with Crippen molar-refractivity contribution in [1.29, 1.82) is 5.26 Å². The first-order chi connectivity index (χ1) is 7.26. The lowest BCUT2D eigenvalue weighted by molar-refractivity contribution is -0.121. The normalized spacial score (nSPS) is 9.33. The Morgan fingerprint density at radius 3 is 2.60 bits per heavy atom. The summed E-state index contributed by atoms with van der Waals surface area (Å²) in [7, 11) is 0. The highest BCUT2D eigenvalue weighted by molar-refractivity contribution is 5.75. The lowest BCUT2D eigenvalue weighted by Gasteiger charge is -2.03. The Labute approximate surface area is 89.7 Å². The van der Waals surface area contributed by atoms with Crippen LogP contribution in [0, 0.1) is 11.3 Å². The number of carbonyl (C=O) groups is 1. The zero-order valence-electron chi connectivity index (χ0n) is 8.79. The minimum Gasteiger partial charge on any atom is -0.352 e. The summed E-state index contributed by atoms with van der Waals surface area (Å²) < 4.78 is 0. The van der Waals surface area contributed by atoms with Crippen LogP contribution in [-0.4, -0.2) is 5.91 Å². The summed E-state index contributed by atoms with van der Waals surface area (Å²) in [5.41, 5.74) is 1.65. The van der Waals surface area contributed by atoms with E-state index in [2.05, 4.69) is 11.4 Å². The minimum absolute atomic E-state index is 0.0712. The van der Waals surface area contributed by atoms with E-state index in [1.807, 2.05) is 19.1 Å². The second kappa shape index (κ2) is 5.82. The van der Waals surface area contributed by atoms with Crippen molar-refractivity contribution in [3.05, 3.63) is 35.4 Å². The summed E-state index contributed by atoms with van der Waals surface area (Å²) in [4.78, 5) is 11.2. The van der Waals surface area contributed by atoms with Crippen LogP contribution in [0.1, 0.15) is 30.9 Å². The van der Waals surface area contributed by atoms with Crippen molar-refractivity contribution >= 4 is 5.91 Å². The van der Waals surface area contributed by atoms with Crippen LogP contribution in [-0.2, 0) is 11.3 Å². The smallest absolute Gasteiger partial charge is 0.220 e. The molecule has 0 aliphatic carbocycles. The third-order valence-electron chi connectivity index (χ3n) is 2.05. The van der Waals surface area contributed by atoms with Crippen molar-refractivity contribution in [1.82, 2.24) is 5.32 Å². The second-order valence-electron chi connectivity index (χ2n) is 3.34. The van der Waals surface area contributed by atoms with Crippen molar-refractivity contribution in [2.45, 2.75) is 26.3 Å². The van der Waals surface area contributed by atoms with E-state index in [1.165, 1.54) is 0 Å². The van der Waals surface area contributed by atoms with E-state index in [4.69, 9.17) is 5.26 Å². The molecule has 3 heteroatoms. The summed E-state index contributed by atoms with van der Waals surface area (Å²) in [6.07, 6.45) is 1.43. The van der Waals surface area contributed by atoms with Crippen LogP contribution >= 0.6 is 0 Å². The van der Waals surface area contributed by atoms with Gasteiger partial charge in [0.2, 0.25) is 5.91 Å². The summed E-state index contributed by atoms with van der Waals surface area (Å²) in [6, 6.07) is 9.26. The fourth-order valence-electron chi connectivity index (χ4n) is 1.21. The topological polar surface area (TPSA) is 52.9 Å². The maximum atomic E-state index is 11.2. The van der Waals surface area contributed by atoms with Gasteiger partial charge in [0, 0.05) is 13.0 Å². The van der Waals surface area contributed by atoms with Gasteiger partial charge in [-0.05, 0) is 24.1 Å². The molecule has 0 fully saturated rings. The molecule has 1 aromatic rings. The van der Waals surface area contributed by atoms with Gasteiger partial charge in [0.1, 0.15) is 0 Å². The Morgan fingerprint density at radius 1 is 1.40 bits per heavy atom. The average Bonchev–Trinajstić information content (AvgIpc) is 2.27. The predicted octanol–water partition coefficient (Wildman–Crippen LogP) is 1.97. The van der Waals surface area contributed by atoms with E-state index in [1.54, 1.807) is 12.1 Å². The molecule has 1 amide bonds. The van der Waals surface area contributed by atoms with Crippen LogP contribution in [0.4, 0.5) is 0 Å². The molecular formula is C12H14N2O. The Hall–Kier alpha value is -1.82. The average molecular weight is 202 g/mol. The molecule has 1 rings (SSSR count). The van der Waals surface area contributed by atoms with Crippen LogP contribution in [0.25, 0.3) is 0 Å². The monoisotopic (exact) mass is 202 g/mol. The standard InChI is InChI=1S/C12H14N2O/c1-2-3-12(15)14-9-11-6-4-10(8-13)5-7-11/h4-7H,2-3,9H2,1H3,(H,14,15). The van der Waals surface area contributed by atoms with E-state index in [0.29, 0.717) is 18.5 Å². The van der Waals surface area contributed by atoms with Crippen molar-refractivity contribution in [3.63, 3.8) is 0 Å². The van der Waals surface area contributed by atoms with Crippen LogP contribution in [0.15, 0.2) is 24.3 Å². The lowest BCUT2D eigenvalue weighted by atomic mass is 10.1.